The second kappa shape index (κ2) is 6.08. The Kier molecular flexibility index (Phi) is 3.79. The molecule has 116 valence electrons. The number of aromatic nitrogens is 2. The van der Waals surface area contributed by atoms with E-state index in [4.69, 9.17) is 0 Å². The number of fused-ring (bicyclic) bond motifs is 1. The van der Waals surface area contributed by atoms with Crippen molar-refractivity contribution in [2.45, 2.75) is 25.3 Å². The maximum Gasteiger partial charge on any atom is 0.254 e. The lowest BCUT2D eigenvalue weighted by molar-refractivity contribution is 0.0606. The number of likely N-dealkylation sites (tertiary alicyclic amines) is 1. The van der Waals surface area contributed by atoms with Crippen LogP contribution in [0.5, 0.6) is 0 Å². The van der Waals surface area contributed by atoms with Gasteiger partial charge in [0.25, 0.3) is 5.91 Å². The number of hydrogen-bond acceptors (Lipinski definition) is 4. The predicted octanol–water partition coefficient (Wildman–Crippen LogP) is 4.06. The summed E-state index contributed by atoms with van der Waals surface area (Å²) in [5.41, 5.74) is 4.49. The number of piperidine rings is 1. The van der Waals surface area contributed by atoms with Crippen LogP contribution < -0.4 is 0 Å². The van der Waals surface area contributed by atoms with Crippen LogP contribution in [0, 0.1) is 0 Å². The largest absolute Gasteiger partial charge is 0.330 e. The van der Waals surface area contributed by atoms with Crippen molar-refractivity contribution in [3.63, 3.8) is 0 Å². The summed E-state index contributed by atoms with van der Waals surface area (Å²) in [6.07, 6.45) is 4.97. The summed E-state index contributed by atoms with van der Waals surface area (Å²) in [6.45, 7) is 0.792. The minimum absolute atomic E-state index is 0.0783. The second-order valence-electron chi connectivity index (χ2n) is 5.80. The first kappa shape index (κ1) is 14.3. The molecule has 0 N–H and O–H groups in total. The molecule has 1 fully saturated rings. The fourth-order valence-corrected chi connectivity index (χ4v) is 3.93. The number of nitrogens with zero attached hydrogens (tertiary/aromatic N) is 3. The van der Waals surface area contributed by atoms with Crippen LogP contribution in [-0.2, 0) is 0 Å². The topological polar surface area (TPSA) is 46.1 Å². The second-order valence-corrected chi connectivity index (χ2v) is 6.69. The quantitative estimate of drug-likeness (QED) is 0.714. The molecule has 1 aromatic carbocycles. The van der Waals surface area contributed by atoms with E-state index in [2.05, 4.69) is 9.97 Å². The van der Waals surface area contributed by atoms with Gasteiger partial charge in [-0.2, -0.15) is 0 Å². The van der Waals surface area contributed by atoms with Gasteiger partial charge in [0.05, 0.1) is 27.5 Å². The van der Waals surface area contributed by atoms with Gasteiger partial charge in [0.2, 0.25) is 0 Å². The van der Waals surface area contributed by atoms with Crippen molar-refractivity contribution in [2.24, 2.45) is 0 Å². The molecular formula is C18H17N3OS. The third-order valence-corrected chi connectivity index (χ3v) is 5.16. The predicted molar refractivity (Wildman–Crippen MR) is 91.5 cm³/mol. The number of thiazole rings is 1. The highest BCUT2D eigenvalue weighted by molar-refractivity contribution is 7.16. The Morgan fingerprint density at radius 2 is 2.13 bits per heavy atom. The molecule has 0 aliphatic carbocycles. The molecule has 0 bridgehead atoms. The molecule has 0 radical (unpaired) electrons. The molecule has 23 heavy (non-hydrogen) atoms. The van der Waals surface area contributed by atoms with E-state index in [1.807, 2.05) is 46.8 Å². The van der Waals surface area contributed by atoms with Crippen molar-refractivity contribution in [3.05, 3.63) is 59.4 Å². The van der Waals surface area contributed by atoms with Crippen LogP contribution in [-0.4, -0.2) is 27.3 Å². The first-order valence-corrected chi connectivity index (χ1v) is 8.76. The van der Waals surface area contributed by atoms with E-state index in [1.165, 1.54) is 0 Å². The van der Waals surface area contributed by atoms with Crippen molar-refractivity contribution in [3.8, 4) is 0 Å². The summed E-state index contributed by atoms with van der Waals surface area (Å²) >= 11 is 1.57. The van der Waals surface area contributed by atoms with Gasteiger partial charge in [0.1, 0.15) is 0 Å². The molecule has 3 aromatic rings. The summed E-state index contributed by atoms with van der Waals surface area (Å²) in [4.78, 5) is 23.8. The maximum absolute atomic E-state index is 13.0. The van der Waals surface area contributed by atoms with Gasteiger partial charge in [-0.1, -0.05) is 6.07 Å². The van der Waals surface area contributed by atoms with Gasteiger partial charge in [0.15, 0.2) is 0 Å². The molecule has 1 atom stereocenters. The zero-order chi connectivity index (χ0) is 15.6. The van der Waals surface area contributed by atoms with E-state index in [1.54, 1.807) is 17.5 Å². The lowest BCUT2D eigenvalue weighted by atomic mass is 9.97. The minimum atomic E-state index is 0.0783. The van der Waals surface area contributed by atoms with Crippen LogP contribution in [0.15, 0.2) is 48.1 Å². The number of carbonyl (C=O) groups is 1. The molecule has 5 heteroatoms. The molecule has 1 aliphatic heterocycles. The average Bonchev–Trinajstić information content (AvgIpc) is 3.09. The summed E-state index contributed by atoms with van der Waals surface area (Å²) < 4.78 is 1.06. The van der Waals surface area contributed by atoms with E-state index in [0.29, 0.717) is 0 Å². The van der Waals surface area contributed by atoms with Crippen LogP contribution in [0.25, 0.3) is 10.2 Å². The fourth-order valence-electron chi connectivity index (χ4n) is 3.21. The summed E-state index contributed by atoms with van der Waals surface area (Å²) in [6, 6.07) is 11.8. The van der Waals surface area contributed by atoms with Gasteiger partial charge in [-0.25, -0.2) is 4.98 Å². The number of benzene rings is 1. The monoisotopic (exact) mass is 323 g/mol. The standard InChI is InChI=1S/C18H17N3OS/c22-18(13-7-8-15-17(11-13)23-12-20-15)21-10-4-2-6-16(21)14-5-1-3-9-19-14/h1,3,5,7-9,11-12,16H,2,4,6,10H2/t16-/m1/s1. The molecule has 4 nitrogen and oxygen atoms in total. The van der Waals surface area contributed by atoms with Crippen molar-refractivity contribution in [1.29, 1.82) is 0 Å². The van der Waals surface area contributed by atoms with E-state index < -0.39 is 0 Å². The third kappa shape index (κ3) is 2.72. The Bertz CT molecular complexity index is 830. The molecular weight excluding hydrogens is 306 g/mol. The molecule has 4 rings (SSSR count). The van der Waals surface area contributed by atoms with E-state index in [-0.39, 0.29) is 11.9 Å². The van der Waals surface area contributed by atoms with Crippen LogP contribution in [0.3, 0.4) is 0 Å². The zero-order valence-electron chi connectivity index (χ0n) is 12.7. The Balaban J connectivity index is 1.67. The molecule has 1 saturated heterocycles. The normalized spacial score (nSPS) is 18.3. The smallest absolute Gasteiger partial charge is 0.254 e. The Morgan fingerprint density at radius 1 is 1.17 bits per heavy atom. The zero-order valence-corrected chi connectivity index (χ0v) is 13.5. The number of rotatable bonds is 2. The van der Waals surface area contributed by atoms with Gasteiger partial charge in [0, 0.05) is 18.3 Å². The Hall–Kier alpha value is -2.27. The number of hydrogen-bond donors (Lipinski definition) is 0. The van der Waals surface area contributed by atoms with Crippen molar-refractivity contribution in [1.82, 2.24) is 14.9 Å². The summed E-state index contributed by atoms with van der Waals surface area (Å²) in [5, 5.41) is 0. The molecule has 3 heterocycles. The number of amides is 1. The van der Waals surface area contributed by atoms with E-state index in [0.717, 1.165) is 47.3 Å². The number of carbonyl (C=O) groups excluding carboxylic acids is 1. The van der Waals surface area contributed by atoms with Crippen LogP contribution >= 0.6 is 11.3 Å². The lowest BCUT2D eigenvalue weighted by Gasteiger charge is -2.35. The lowest BCUT2D eigenvalue weighted by Crippen LogP contribution is -2.38. The third-order valence-electron chi connectivity index (χ3n) is 4.37. The van der Waals surface area contributed by atoms with Crippen LogP contribution in [0.4, 0.5) is 0 Å². The molecule has 1 aliphatic rings. The van der Waals surface area contributed by atoms with Gasteiger partial charge < -0.3 is 4.90 Å². The fraction of sp³-hybridized carbons (Fsp3) is 0.278. The van der Waals surface area contributed by atoms with Crippen LogP contribution in [0.2, 0.25) is 0 Å². The molecule has 0 unspecified atom stereocenters. The highest BCUT2D eigenvalue weighted by Crippen LogP contribution is 2.31. The molecule has 2 aromatic heterocycles. The summed E-state index contributed by atoms with van der Waals surface area (Å²) in [7, 11) is 0. The van der Waals surface area contributed by atoms with Crippen LogP contribution in [0.1, 0.15) is 41.4 Å². The number of pyridine rings is 1. The highest BCUT2D eigenvalue weighted by atomic mass is 32.1. The van der Waals surface area contributed by atoms with E-state index >= 15 is 0 Å². The highest BCUT2D eigenvalue weighted by Gasteiger charge is 2.29. The first-order valence-electron chi connectivity index (χ1n) is 7.88. The Labute approximate surface area is 138 Å². The van der Waals surface area contributed by atoms with E-state index in [9.17, 15) is 4.79 Å². The molecule has 0 spiro atoms. The summed E-state index contributed by atoms with van der Waals surface area (Å²) in [5.74, 6) is 0.0932. The van der Waals surface area contributed by atoms with Gasteiger partial charge in [-0.05, 0) is 49.6 Å². The van der Waals surface area contributed by atoms with Crippen molar-refractivity contribution < 1.29 is 4.79 Å². The van der Waals surface area contributed by atoms with Gasteiger partial charge >= 0.3 is 0 Å². The minimum Gasteiger partial charge on any atom is -0.330 e. The Morgan fingerprint density at radius 3 is 3.00 bits per heavy atom. The van der Waals surface area contributed by atoms with Gasteiger partial charge in [-0.3, -0.25) is 9.78 Å². The van der Waals surface area contributed by atoms with Crippen molar-refractivity contribution >= 4 is 27.5 Å². The first-order chi connectivity index (χ1) is 11.3. The van der Waals surface area contributed by atoms with Gasteiger partial charge in [-0.15, -0.1) is 11.3 Å². The maximum atomic E-state index is 13.0. The van der Waals surface area contributed by atoms with Crippen molar-refractivity contribution in [2.75, 3.05) is 6.54 Å². The molecule has 1 amide bonds. The SMILES string of the molecule is O=C(c1ccc2ncsc2c1)N1CCCC[C@@H]1c1ccccn1. The average molecular weight is 323 g/mol. The molecule has 0 saturated carbocycles.